The van der Waals surface area contributed by atoms with Crippen LogP contribution in [0.4, 0.5) is 5.82 Å². The molecule has 1 fully saturated rings. The highest BCUT2D eigenvalue weighted by Crippen LogP contribution is 2.33. The van der Waals surface area contributed by atoms with Gasteiger partial charge in [-0.15, -0.1) is 0 Å². The summed E-state index contributed by atoms with van der Waals surface area (Å²) in [5.74, 6) is 2.58. The Labute approximate surface area is 177 Å². The Morgan fingerprint density at radius 1 is 1.13 bits per heavy atom. The third-order valence-electron chi connectivity index (χ3n) is 6.54. The van der Waals surface area contributed by atoms with Crippen LogP contribution < -0.4 is 4.90 Å². The fourth-order valence-corrected chi connectivity index (χ4v) is 4.96. The lowest BCUT2D eigenvalue weighted by Crippen LogP contribution is -2.49. The predicted octanol–water partition coefficient (Wildman–Crippen LogP) is 3.66. The van der Waals surface area contributed by atoms with Crippen LogP contribution in [0.15, 0.2) is 24.3 Å². The van der Waals surface area contributed by atoms with Crippen molar-refractivity contribution in [2.45, 2.75) is 40.0 Å². The molecule has 5 rings (SSSR count). The Kier molecular flexibility index (Phi) is 4.72. The molecule has 1 aliphatic carbocycles. The number of para-hydroxylation sites is 1. The Bertz CT molecular complexity index is 1090. The Balaban J connectivity index is 1.36. The van der Waals surface area contributed by atoms with Gasteiger partial charge in [-0.3, -0.25) is 4.79 Å². The molecule has 1 aromatic carbocycles. The number of amides is 1. The van der Waals surface area contributed by atoms with E-state index in [0.717, 1.165) is 54.3 Å². The molecule has 0 bridgehead atoms. The van der Waals surface area contributed by atoms with Gasteiger partial charge in [0.2, 0.25) is 0 Å². The van der Waals surface area contributed by atoms with E-state index in [1.807, 2.05) is 36.9 Å². The summed E-state index contributed by atoms with van der Waals surface area (Å²) in [6.45, 7) is 9.22. The predicted molar refractivity (Wildman–Crippen MR) is 119 cm³/mol. The van der Waals surface area contributed by atoms with Crippen LogP contribution in [0.2, 0.25) is 0 Å². The van der Waals surface area contributed by atoms with Gasteiger partial charge in [-0.1, -0.05) is 19.1 Å². The van der Waals surface area contributed by atoms with E-state index >= 15 is 0 Å². The zero-order valence-electron chi connectivity index (χ0n) is 18.0. The van der Waals surface area contributed by atoms with Gasteiger partial charge in [0.25, 0.3) is 5.91 Å². The number of nitrogens with one attached hydrogen (secondary N) is 1. The van der Waals surface area contributed by atoms with Gasteiger partial charge in [0, 0.05) is 49.0 Å². The van der Waals surface area contributed by atoms with E-state index in [9.17, 15) is 4.79 Å². The lowest BCUT2D eigenvalue weighted by Gasteiger charge is -2.35. The SMILES string of the molecule is Cc1cc(N2CCN(C(=O)c3cccc4c5c([nH]c34)CCC(C)C5)CC2)nc(C)n1. The molecule has 0 radical (unpaired) electrons. The summed E-state index contributed by atoms with van der Waals surface area (Å²) in [5, 5.41) is 1.23. The van der Waals surface area contributed by atoms with Gasteiger partial charge in [-0.2, -0.15) is 0 Å². The summed E-state index contributed by atoms with van der Waals surface area (Å²) in [6, 6.07) is 8.19. The van der Waals surface area contributed by atoms with Crippen LogP contribution >= 0.6 is 0 Å². The van der Waals surface area contributed by atoms with E-state index in [-0.39, 0.29) is 5.91 Å². The van der Waals surface area contributed by atoms with Crippen LogP contribution in [0.25, 0.3) is 10.9 Å². The number of carbonyl (C=O) groups excluding carboxylic acids is 1. The number of hydrogen-bond donors (Lipinski definition) is 1. The molecule has 1 amide bonds. The number of rotatable bonds is 2. The van der Waals surface area contributed by atoms with Crippen molar-refractivity contribution in [2.24, 2.45) is 5.92 Å². The summed E-state index contributed by atoms with van der Waals surface area (Å²) in [6.07, 6.45) is 3.39. The zero-order chi connectivity index (χ0) is 20.8. The van der Waals surface area contributed by atoms with Crippen molar-refractivity contribution in [1.29, 1.82) is 0 Å². The van der Waals surface area contributed by atoms with E-state index in [1.165, 1.54) is 23.1 Å². The van der Waals surface area contributed by atoms with Gasteiger partial charge in [0.15, 0.2) is 0 Å². The molecular weight excluding hydrogens is 374 g/mol. The maximum absolute atomic E-state index is 13.4. The van der Waals surface area contributed by atoms with Gasteiger partial charge in [0.1, 0.15) is 11.6 Å². The molecule has 1 N–H and O–H groups in total. The minimum Gasteiger partial charge on any atom is -0.358 e. The molecule has 1 unspecified atom stereocenters. The first-order valence-electron chi connectivity index (χ1n) is 11.0. The normalized spacial score (nSPS) is 19.2. The van der Waals surface area contributed by atoms with Gasteiger partial charge < -0.3 is 14.8 Å². The van der Waals surface area contributed by atoms with Crippen molar-refractivity contribution in [1.82, 2.24) is 19.9 Å². The number of piperazine rings is 1. The molecule has 2 aromatic heterocycles. The molecule has 6 nitrogen and oxygen atoms in total. The number of aromatic nitrogens is 3. The smallest absolute Gasteiger partial charge is 0.256 e. The number of anilines is 1. The van der Waals surface area contributed by atoms with Crippen molar-refractivity contribution in [3.05, 3.63) is 52.6 Å². The first-order chi connectivity index (χ1) is 14.5. The molecule has 30 heavy (non-hydrogen) atoms. The Hall–Kier alpha value is -2.89. The fraction of sp³-hybridized carbons (Fsp3) is 0.458. The van der Waals surface area contributed by atoms with Crippen LogP contribution in [0, 0.1) is 19.8 Å². The molecule has 1 saturated heterocycles. The first kappa shape index (κ1) is 19.1. The summed E-state index contributed by atoms with van der Waals surface area (Å²) in [7, 11) is 0. The average Bonchev–Trinajstić information content (AvgIpc) is 3.10. The second kappa shape index (κ2) is 7.42. The van der Waals surface area contributed by atoms with Crippen molar-refractivity contribution in [2.75, 3.05) is 31.1 Å². The monoisotopic (exact) mass is 403 g/mol. The molecular formula is C24H29N5O. The molecule has 0 spiro atoms. The van der Waals surface area contributed by atoms with Gasteiger partial charge in [0.05, 0.1) is 11.1 Å². The summed E-state index contributed by atoms with van der Waals surface area (Å²) < 4.78 is 0. The number of carbonyl (C=O) groups is 1. The molecule has 0 saturated carbocycles. The van der Waals surface area contributed by atoms with E-state index in [4.69, 9.17) is 0 Å². The van der Waals surface area contributed by atoms with Crippen LogP contribution in [0.1, 0.15) is 46.5 Å². The van der Waals surface area contributed by atoms with Crippen molar-refractivity contribution in [3.8, 4) is 0 Å². The van der Waals surface area contributed by atoms with Crippen molar-refractivity contribution >= 4 is 22.6 Å². The topological polar surface area (TPSA) is 65.1 Å². The number of nitrogens with zero attached hydrogens (tertiary/aromatic N) is 4. The second-order valence-electron chi connectivity index (χ2n) is 8.85. The molecule has 3 aromatic rings. The Morgan fingerprint density at radius 2 is 1.93 bits per heavy atom. The minimum absolute atomic E-state index is 0.127. The van der Waals surface area contributed by atoms with Crippen LogP contribution in [-0.4, -0.2) is 51.9 Å². The zero-order valence-corrected chi connectivity index (χ0v) is 18.0. The van der Waals surface area contributed by atoms with Crippen molar-refractivity contribution < 1.29 is 4.79 Å². The highest BCUT2D eigenvalue weighted by Gasteiger charge is 2.27. The number of fused-ring (bicyclic) bond motifs is 3. The third-order valence-corrected chi connectivity index (χ3v) is 6.54. The van der Waals surface area contributed by atoms with E-state index in [0.29, 0.717) is 19.0 Å². The molecule has 6 heteroatoms. The van der Waals surface area contributed by atoms with E-state index in [1.54, 1.807) is 0 Å². The lowest BCUT2D eigenvalue weighted by molar-refractivity contribution is 0.0748. The number of hydrogen-bond acceptors (Lipinski definition) is 4. The average molecular weight is 404 g/mol. The molecule has 156 valence electrons. The summed E-state index contributed by atoms with van der Waals surface area (Å²) in [5.41, 5.74) is 5.54. The van der Waals surface area contributed by atoms with E-state index in [2.05, 4.69) is 32.8 Å². The fourth-order valence-electron chi connectivity index (χ4n) is 4.96. The van der Waals surface area contributed by atoms with Crippen LogP contribution in [0.5, 0.6) is 0 Å². The van der Waals surface area contributed by atoms with Crippen LogP contribution in [0.3, 0.4) is 0 Å². The number of aryl methyl sites for hydroxylation is 3. The minimum atomic E-state index is 0.127. The first-order valence-corrected chi connectivity index (χ1v) is 11.0. The van der Waals surface area contributed by atoms with Crippen molar-refractivity contribution in [3.63, 3.8) is 0 Å². The maximum Gasteiger partial charge on any atom is 0.256 e. The maximum atomic E-state index is 13.4. The summed E-state index contributed by atoms with van der Waals surface area (Å²) >= 11 is 0. The number of aromatic amines is 1. The third kappa shape index (κ3) is 3.34. The molecule has 1 aliphatic heterocycles. The molecule has 2 aliphatic rings. The highest BCUT2D eigenvalue weighted by atomic mass is 16.2. The number of H-pyrrole nitrogens is 1. The summed E-state index contributed by atoms with van der Waals surface area (Å²) in [4.78, 5) is 30.2. The standard InChI is InChI=1S/C24H29N5O/c1-15-7-8-21-20(13-15)18-5-4-6-19(23(18)27-21)24(30)29-11-9-28(10-12-29)22-14-16(2)25-17(3)26-22/h4-6,14-15,27H,7-13H2,1-3H3. The Morgan fingerprint density at radius 3 is 2.70 bits per heavy atom. The highest BCUT2D eigenvalue weighted by molar-refractivity contribution is 6.07. The molecule has 3 heterocycles. The van der Waals surface area contributed by atoms with Gasteiger partial charge in [-0.05, 0) is 50.7 Å². The lowest BCUT2D eigenvalue weighted by atomic mass is 9.87. The number of benzene rings is 1. The largest absolute Gasteiger partial charge is 0.358 e. The van der Waals surface area contributed by atoms with Gasteiger partial charge in [-0.25, -0.2) is 9.97 Å². The molecule has 1 atom stereocenters. The van der Waals surface area contributed by atoms with Gasteiger partial charge >= 0.3 is 0 Å². The second-order valence-corrected chi connectivity index (χ2v) is 8.85. The van der Waals surface area contributed by atoms with Crippen LogP contribution in [-0.2, 0) is 12.8 Å². The quantitative estimate of drug-likeness (QED) is 0.709. The van der Waals surface area contributed by atoms with E-state index < -0.39 is 0 Å².